The Bertz CT molecular complexity index is 728. The highest BCUT2D eigenvalue weighted by Crippen LogP contribution is 2.22. The van der Waals surface area contributed by atoms with Crippen LogP contribution in [0, 0.1) is 0 Å². The van der Waals surface area contributed by atoms with Gasteiger partial charge in [0, 0.05) is 18.3 Å². The number of imidazole rings is 1. The van der Waals surface area contributed by atoms with E-state index in [1.54, 1.807) is 6.20 Å². The van der Waals surface area contributed by atoms with Crippen molar-refractivity contribution in [1.82, 2.24) is 19.8 Å². The first kappa shape index (κ1) is 19.1. The van der Waals surface area contributed by atoms with Crippen LogP contribution in [-0.2, 0) is 4.79 Å². The number of amides is 2. The number of nitrogens with one attached hydrogen (secondary N) is 1. The van der Waals surface area contributed by atoms with Gasteiger partial charge in [-0.05, 0) is 39.2 Å². The Hall–Kier alpha value is -2.28. The van der Waals surface area contributed by atoms with Gasteiger partial charge in [0.25, 0.3) is 5.91 Å². The summed E-state index contributed by atoms with van der Waals surface area (Å²) in [5.41, 5.74) is 1.32. The number of nitrogens with zero attached hydrogens (tertiary/aromatic N) is 3. The Morgan fingerprint density at radius 2 is 1.96 bits per heavy atom. The van der Waals surface area contributed by atoms with E-state index in [1.807, 2.05) is 61.9 Å². The van der Waals surface area contributed by atoms with E-state index in [2.05, 4.69) is 10.3 Å². The molecule has 0 atom stereocenters. The lowest BCUT2D eigenvalue weighted by atomic mass is 10.3. The van der Waals surface area contributed by atoms with E-state index in [9.17, 15) is 9.59 Å². The van der Waals surface area contributed by atoms with E-state index in [1.165, 1.54) is 16.7 Å². The average molecular weight is 360 g/mol. The van der Waals surface area contributed by atoms with Crippen molar-refractivity contribution >= 4 is 23.6 Å². The molecule has 2 rings (SSSR count). The van der Waals surface area contributed by atoms with Crippen LogP contribution in [0.4, 0.5) is 0 Å². The van der Waals surface area contributed by atoms with Crippen LogP contribution >= 0.6 is 11.8 Å². The van der Waals surface area contributed by atoms with Crippen LogP contribution in [0.15, 0.2) is 41.7 Å². The summed E-state index contributed by atoms with van der Waals surface area (Å²) in [6.45, 7) is 6.12. The summed E-state index contributed by atoms with van der Waals surface area (Å²) in [6.07, 6.45) is 3.49. The second-order valence-corrected chi connectivity index (χ2v) is 6.62. The lowest BCUT2D eigenvalue weighted by Crippen LogP contribution is -2.43. The predicted octanol–water partition coefficient (Wildman–Crippen LogP) is 2.58. The third kappa shape index (κ3) is 4.63. The number of carbonyl (C=O) groups excluding carboxylic acids is 2. The molecule has 0 saturated carbocycles. The first-order chi connectivity index (χ1) is 12.0. The average Bonchev–Trinajstić information content (AvgIpc) is 3.03. The van der Waals surface area contributed by atoms with Crippen molar-refractivity contribution in [3.05, 3.63) is 42.2 Å². The number of hydrogen-bond acceptors (Lipinski definition) is 4. The Labute approximate surface area is 152 Å². The molecule has 0 bridgehead atoms. The van der Waals surface area contributed by atoms with Gasteiger partial charge >= 0.3 is 0 Å². The van der Waals surface area contributed by atoms with Gasteiger partial charge in [0.05, 0.1) is 12.7 Å². The summed E-state index contributed by atoms with van der Waals surface area (Å²) in [4.78, 5) is 30.9. The minimum Gasteiger partial charge on any atom is -0.352 e. The van der Waals surface area contributed by atoms with Gasteiger partial charge in [-0.2, -0.15) is 0 Å². The first-order valence-corrected chi connectivity index (χ1v) is 9.46. The minimum absolute atomic E-state index is 0.0298. The number of benzene rings is 1. The number of para-hydroxylation sites is 1. The molecule has 2 aromatic rings. The van der Waals surface area contributed by atoms with Crippen molar-refractivity contribution in [3.8, 4) is 5.69 Å². The van der Waals surface area contributed by atoms with E-state index in [0.717, 1.165) is 10.8 Å². The number of hydrogen-bond donors (Lipinski definition) is 1. The standard InChI is InChI=1S/C18H24N4O2S/c1-5-21(12-16(23)20-13(2)3)17(24)15-11-19-18(25-4)22(15)14-9-7-6-8-10-14/h6-11,13H,5,12H2,1-4H3,(H,20,23). The highest BCUT2D eigenvalue weighted by Gasteiger charge is 2.23. The Morgan fingerprint density at radius 3 is 2.52 bits per heavy atom. The van der Waals surface area contributed by atoms with Crippen molar-refractivity contribution in [2.24, 2.45) is 0 Å². The molecule has 0 spiro atoms. The van der Waals surface area contributed by atoms with Gasteiger partial charge in [-0.3, -0.25) is 14.2 Å². The van der Waals surface area contributed by atoms with Crippen LogP contribution in [0.1, 0.15) is 31.3 Å². The van der Waals surface area contributed by atoms with E-state index in [4.69, 9.17) is 0 Å². The normalized spacial score (nSPS) is 10.8. The van der Waals surface area contributed by atoms with Gasteiger partial charge in [-0.25, -0.2) is 4.98 Å². The molecule has 0 fully saturated rings. The van der Waals surface area contributed by atoms with Gasteiger partial charge in [0.1, 0.15) is 5.69 Å². The third-order valence-electron chi connectivity index (χ3n) is 3.60. The minimum atomic E-state index is -0.210. The fourth-order valence-electron chi connectivity index (χ4n) is 2.49. The lowest BCUT2D eigenvalue weighted by molar-refractivity contribution is -0.122. The second kappa shape index (κ2) is 8.71. The van der Waals surface area contributed by atoms with E-state index < -0.39 is 0 Å². The largest absolute Gasteiger partial charge is 0.352 e. The summed E-state index contributed by atoms with van der Waals surface area (Å²) < 4.78 is 1.83. The van der Waals surface area contributed by atoms with Crippen molar-refractivity contribution in [2.75, 3.05) is 19.3 Å². The summed E-state index contributed by atoms with van der Waals surface area (Å²) >= 11 is 1.47. The van der Waals surface area contributed by atoms with Crippen LogP contribution in [0.25, 0.3) is 5.69 Å². The van der Waals surface area contributed by atoms with Crippen LogP contribution in [0.3, 0.4) is 0 Å². The predicted molar refractivity (Wildman–Crippen MR) is 100 cm³/mol. The Balaban J connectivity index is 2.32. The van der Waals surface area contributed by atoms with Crippen molar-refractivity contribution in [1.29, 1.82) is 0 Å². The van der Waals surface area contributed by atoms with Gasteiger partial charge in [0.2, 0.25) is 5.91 Å². The molecule has 6 nitrogen and oxygen atoms in total. The van der Waals surface area contributed by atoms with Gasteiger partial charge in [-0.15, -0.1) is 0 Å². The molecule has 0 aliphatic carbocycles. The van der Waals surface area contributed by atoms with Crippen molar-refractivity contribution < 1.29 is 9.59 Å². The van der Waals surface area contributed by atoms with Crippen LogP contribution in [0.2, 0.25) is 0 Å². The molecule has 1 N–H and O–H groups in total. The number of aromatic nitrogens is 2. The first-order valence-electron chi connectivity index (χ1n) is 8.23. The summed E-state index contributed by atoms with van der Waals surface area (Å²) in [7, 11) is 0. The van der Waals surface area contributed by atoms with Gasteiger partial charge < -0.3 is 10.2 Å². The quantitative estimate of drug-likeness (QED) is 0.771. The molecule has 1 aromatic heterocycles. The fraction of sp³-hybridized carbons (Fsp3) is 0.389. The molecule has 1 aromatic carbocycles. The molecule has 134 valence electrons. The molecule has 7 heteroatoms. The maximum atomic E-state index is 13.0. The van der Waals surface area contributed by atoms with Crippen LogP contribution < -0.4 is 5.32 Å². The smallest absolute Gasteiger partial charge is 0.272 e. The zero-order chi connectivity index (χ0) is 18.4. The summed E-state index contributed by atoms with van der Waals surface area (Å²) in [6, 6.07) is 9.66. The van der Waals surface area contributed by atoms with Crippen molar-refractivity contribution in [3.63, 3.8) is 0 Å². The maximum absolute atomic E-state index is 13.0. The third-order valence-corrected chi connectivity index (χ3v) is 4.25. The monoisotopic (exact) mass is 360 g/mol. The molecule has 0 unspecified atom stereocenters. The van der Waals surface area contributed by atoms with E-state index in [-0.39, 0.29) is 24.4 Å². The highest BCUT2D eigenvalue weighted by molar-refractivity contribution is 7.98. The molecular formula is C18H24N4O2S. The maximum Gasteiger partial charge on any atom is 0.272 e. The Kier molecular flexibility index (Phi) is 6.64. The van der Waals surface area contributed by atoms with E-state index >= 15 is 0 Å². The summed E-state index contributed by atoms with van der Waals surface area (Å²) in [5, 5.41) is 3.55. The number of carbonyl (C=O) groups is 2. The molecule has 1 heterocycles. The number of thioether (sulfide) groups is 1. The van der Waals surface area contributed by atoms with Crippen LogP contribution in [0.5, 0.6) is 0 Å². The number of rotatable bonds is 7. The molecule has 2 amide bonds. The molecule has 0 aliphatic rings. The molecule has 0 aliphatic heterocycles. The fourth-order valence-corrected chi connectivity index (χ4v) is 3.03. The van der Waals surface area contributed by atoms with Gasteiger partial charge in [0.15, 0.2) is 5.16 Å². The second-order valence-electron chi connectivity index (χ2n) is 5.84. The molecular weight excluding hydrogens is 336 g/mol. The van der Waals surface area contributed by atoms with Crippen LogP contribution in [-0.4, -0.2) is 51.7 Å². The SMILES string of the molecule is CCN(CC(=O)NC(C)C)C(=O)c1cnc(SC)n1-c1ccccc1. The molecule has 25 heavy (non-hydrogen) atoms. The molecule has 0 radical (unpaired) electrons. The van der Waals surface area contributed by atoms with Gasteiger partial charge in [-0.1, -0.05) is 30.0 Å². The van der Waals surface area contributed by atoms with E-state index in [0.29, 0.717) is 12.2 Å². The highest BCUT2D eigenvalue weighted by atomic mass is 32.2. The molecule has 0 saturated heterocycles. The lowest BCUT2D eigenvalue weighted by Gasteiger charge is -2.22. The Morgan fingerprint density at radius 1 is 1.28 bits per heavy atom. The zero-order valence-electron chi connectivity index (χ0n) is 15.0. The topological polar surface area (TPSA) is 67.2 Å². The zero-order valence-corrected chi connectivity index (χ0v) is 15.8. The number of likely N-dealkylation sites (N-methyl/N-ethyl adjacent to an activating group) is 1. The van der Waals surface area contributed by atoms with Crippen molar-refractivity contribution in [2.45, 2.75) is 32.0 Å². The summed E-state index contributed by atoms with van der Waals surface area (Å²) in [5.74, 6) is -0.376.